The zero-order chi connectivity index (χ0) is 12.3. The fraction of sp³-hybridized carbons (Fsp3) is 0.167. The lowest BCUT2D eigenvalue weighted by Gasteiger charge is -2.13. The molecule has 0 saturated carbocycles. The van der Waals surface area contributed by atoms with Crippen LogP contribution in [0.15, 0.2) is 36.7 Å². The van der Waals surface area contributed by atoms with Gasteiger partial charge in [-0.15, -0.1) is 0 Å². The van der Waals surface area contributed by atoms with Crippen molar-refractivity contribution < 1.29 is 4.39 Å². The summed E-state index contributed by atoms with van der Waals surface area (Å²) >= 11 is 5.75. The Morgan fingerprint density at radius 3 is 2.59 bits per heavy atom. The number of hydrogen-bond acceptors (Lipinski definition) is 3. The Labute approximate surface area is 103 Å². The van der Waals surface area contributed by atoms with E-state index in [1.54, 1.807) is 30.6 Å². The summed E-state index contributed by atoms with van der Waals surface area (Å²) < 4.78 is 13.1. The van der Waals surface area contributed by atoms with Gasteiger partial charge in [0.15, 0.2) is 0 Å². The molecule has 1 heterocycles. The number of halogens is 2. The van der Waals surface area contributed by atoms with Gasteiger partial charge in [-0.2, -0.15) is 0 Å². The van der Waals surface area contributed by atoms with Gasteiger partial charge in [0.2, 0.25) is 0 Å². The van der Waals surface area contributed by atoms with Crippen molar-refractivity contribution in [3.05, 3.63) is 58.9 Å². The van der Waals surface area contributed by atoms with Crippen LogP contribution in [0.25, 0.3) is 0 Å². The molecule has 3 nitrogen and oxygen atoms in total. The molecule has 0 bridgehead atoms. The SMILES string of the molecule is NCC(c1ccc(F)c(Cl)c1)c1ncccn1. The minimum Gasteiger partial charge on any atom is -0.329 e. The molecule has 2 rings (SSSR count). The molecule has 5 heteroatoms. The zero-order valence-electron chi connectivity index (χ0n) is 8.98. The first-order valence-corrected chi connectivity index (χ1v) is 5.52. The second-order valence-electron chi connectivity index (χ2n) is 3.57. The van der Waals surface area contributed by atoms with E-state index < -0.39 is 5.82 Å². The molecule has 0 spiro atoms. The van der Waals surface area contributed by atoms with E-state index in [1.165, 1.54) is 6.07 Å². The molecule has 0 aliphatic rings. The number of aromatic nitrogens is 2. The van der Waals surface area contributed by atoms with Crippen LogP contribution in [-0.4, -0.2) is 16.5 Å². The number of hydrogen-bond donors (Lipinski definition) is 1. The van der Waals surface area contributed by atoms with Crippen LogP contribution < -0.4 is 5.73 Å². The van der Waals surface area contributed by atoms with Crippen LogP contribution in [0, 0.1) is 5.82 Å². The van der Waals surface area contributed by atoms with E-state index in [0.29, 0.717) is 12.4 Å². The first-order chi connectivity index (χ1) is 8.22. The van der Waals surface area contributed by atoms with Crippen molar-refractivity contribution in [1.29, 1.82) is 0 Å². The molecule has 0 aliphatic carbocycles. The standard InChI is InChI=1S/C12H11ClFN3/c13-10-6-8(2-3-11(10)14)9(7-15)12-16-4-1-5-17-12/h1-6,9H,7,15H2. The summed E-state index contributed by atoms with van der Waals surface area (Å²) in [5.41, 5.74) is 6.52. The monoisotopic (exact) mass is 251 g/mol. The molecule has 1 aromatic carbocycles. The Morgan fingerprint density at radius 2 is 2.00 bits per heavy atom. The lowest BCUT2D eigenvalue weighted by molar-refractivity contribution is 0.626. The largest absolute Gasteiger partial charge is 0.329 e. The highest BCUT2D eigenvalue weighted by Gasteiger charge is 2.16. The van der Waals surface area contributed by atoms with Gasteiger partial charge in [0, 0.05) is 18.9 Å². The van der Waals surface area contributed by atoms with Crippen molar-refractivity contribution in [2.24, 2.45) is 5.73 Å². The van der Waals surface area contributed by atoms with Crippen molar-refractivity contribution in [1.82, 2.24) is 9.97 Å². The molecule has 0 fully saturated rings. The molecule has 0 saturated heterocycles. The van der Waals surface area contributed by atoms with Crippen LogP contribution in [0.2, 0.25) is 5.02 Å². The topological polar surface area (TPSA) is 51.8 Å². The van der Waals surface area contributed by atoms with Crippen LogP contribution in [-0.2, 0) is 0 Å². The van der Waals surface area contributed by atoms with Crippen LogP contribution >= 0.6 is 11.6 Å². The highest BCUT2D eigenvalue weighted by atomic mass is 35.5. The minimum absolute atomic E-state index is 0.0804. The summed E-state index contributed by atoms with van der Waals surface area (Å²) in [5, 5.41) is 0.0804. The average Bonchev–Trinajstić information content (AvgIpc) is 2.36. The Balaban J connectivity index is 2.39. The summed E-state index contributed by atoms with van der Waals surface area (Å²) in [6, 6.07) is 6.26. The van der Waals surface area contributed by atoms with Crippen LogP contribution in [0.5, 0.6) is 0 Å². The maximum absolute atomic E-state index is 13.1. The molecule has 2 N–H and O–H groups in total. The van der Waals surface area contributed by atoms with Gasteiger partial charge in [-0.1, -0.05) is 17.7 Å². The van der Waals surface area contributed by atoms with Crippen molar-refractivity contribution >= 4 is 11.6 Å². The van der Waals surface area contributed by atoms with E-state index in [0.717, 1.165) is 5.56 Å². The molecule has 1 aromatic heterocycles. The average molecular weight is 252 g/mol. The number of nitrogens with zero attached hydrogens (tertiary/aromatic N) is 2. The summed E-state index contributed by atoms with van der Waals surface area (Å²) in [7, 11) is 0. The van der Waals surface area contributed by atoms with E-state index in [1.807, 2.05) is 0 Å². The van der Waals surface area contributed by atoms with E-state index in [4.69, 9.17) is 17.3 Å². The number of nitrogens with two attached hydrogens (primary N) is 1. The van der Waals surface area contributed by atoms with Gasteiger partial charge >= 0.3 is 0 Å². The molecule has 0 aliphatic heterocycles. The van der Waals surface area contributed by atoms with Crippen LogP contribution in [0.3, 0.4) is 0 Å². The quantitative estimate of drug-likeness (QED) is 0.911. The lowest BCUT2D eigenvalue weighted by Crippen LogP contribution is -2.16. The van der Waals surface area contributed by atoms with Gasteiger partial charge in [-0.25, -0.2) is 14.4 Å². The van der Waals surface area contributed by atoms with E-state index in [9.17, 15) is 4.39 Å². The predicted octanol–water partition coefficient (Wildman–Crippen LogP) is 2.36. The van der Waals surface area contributed by atoms with Gasteiger partial charge < -0.3 is 5.73 Å². The summed E-state index contributed by atoms with van der Waals surface area (Å²) in [6.07, 6.45) is 3.30. The second-order valence-corrected chi connectivity index (χ2v) is 3.98. The summed E-state index contributed by atoms with van der Waals surface area (Å²) in [4.78, 5) is 8.30. The molecule has 1 atom stereocenters. The van der Waals surface area contributed by atoms with Crippen molar-refractivity contribution in [2.45, 2.75) is 5.92 Å². The molecule has 0 amide bonds. The first kappa shape index (κ1) is 12.0. The minimum atomic E-state index is -0.444. The lowest BCUT2D eigenvalue weighted by atomic mass is 9.98. The molecule has 88 valence electrons. The maximum atomic E-state index is 13.1. The van der Waals surface area contributed by atoms with Gasteiger partial charge in [-0.3, -0.25) is 0 Å². The highest BCUT2D eigenvalue weighted by Crippen LogP contribution is 2.24. The molecular formula is C12H11ClFN3. The van der Waals surface area contributed by atoms with Crippen LogP contribution in [0.1, 0.15) is 17.3 Å². The predicted molar refractivity (Wildman–Crippen MR) is 64.3 cm³/mol. The Kier molecular flexibility index (Phi) is 3.66. The number of rotatable bonds is 3. The molecule has 2 aromatic rings. The van der Waals surface area contributed by atoms with Gasteiger partial charge in [0.1, 0.15) is 11.6 Å². The third-order valence-electron chi connectivity index (χ3n) is 2.48. The highest BCUT2D eigenvalue weighted by molar-refractivity contribution is 6.30. The molecule has 0 radical (unpaired) electrons. The van der Waals surface area contributed by atoms with Crippen molar-refractivity contribution in [3.8, 4) is 0 Å². The van der Waals surface area contributed by atoms with Crippen LogP contribution in [0.4, 0.5) is 4.39 Å². The third-order valence-corrected chi connectivity index (χ3v) is 2.77. The summed E-state index contributed by atoms with van der Waals surface area (Å²) in [6.45, 7) is 0.339. The Morgan fingerprint density at radius 1 is 1.29 bits per heavy atom. The van der Waals surface area contributed by atoms with E-state index in [2.05, 4.69) is 9.97 Å². The van der Waals surface area contributed by atoms with Gasteiger partial charge in [-0.05, 0) is 23.8 Å². The van der Waals surface area contributed by atoms with Crippen molar-refractivity contribution in [2.75, 3.05) is 6.54 Å². The second kappa shape index (κ2) is 5.21. The van der Waals surface area contributed by atoms with Crippen molar-refractivity contribution in [3.63, 3.8) is 0 Å². The smallest absolute Gasteiger partial charge is 0.141 e. The Hall–Kier alpha value is -1.52. The van der Waals surface area contributed by atoms with E-state index in [-0.39, 0.29) is 10.9 Å². The zero-order valence-corrected chi connectivity index (χ0v) is 9.73. The fourth-order valence-corrected chi connectivity index (χ4v) is 1.80. The molecular weight excluding hydrogens is 241 g/mol. The maximum Gasteiger partial charge on any atom is 0.141 e. The van der Waals surface area contributed by atoms with Gasteiger partial charge in [0.05, 0.1) is 10.9 Å². The fourth-order valence-electron chi connectivity index (χ4n) is 1.61. The number of benzene rings is 1. The van der Waals surface area contributed by atoms with Gasteiger partial charge in [0.25, 0.3) is 0 Å². The summed E-state index contributed by atoms with van der Waals surface area (Å²) in [5.74, 6) is -0.00728. The first-order valence-electron chi connectivity index (χ1n) is 5.14. The Bertz CT molecular complexity index is 504. The van der Waals surface area contributed by atoms with E-state index >= 15 is 0 Å². The normalized spacial score (nSPS) is 12.4. The molecule has 17 heavy (non-hydrogen) atoms. The third kappa shape index (κ3) is 2.60. The molecule has 1 unspecified atom stereocenters.